The predicted molar refractivity (Wildman–Crippen MR) is 239 cm³/mol. The van der Waals surface area contributed by atoms with Crippen LogP contribution in [0.15, 0.2) is 60.7 Å². The Balaban J connectivity index is 0.000000513. The maximum absolute atomic E-state index is 12.4. The number of carbonyl (C=O) groups excluding carboxylic acids is 6. The van der Waals surface area contributed by atoms with Crippen molar-refractivity contribution in [3.63, 3.8) is 0 Å². The zero-order chi connectivity index (χ0) is 63.3. The largest absolute Gasteiger partial charge is 1.00 e. The van der Waals surface area contributed by atoms with Crippen LogP contribution in [-0.4, -0.2) is 132 Å². The van der Waals surface area contributed by atoms with Crippen molar-refractivity contribution in [2.45, 2.75) is 44.7 Å². The summed E-state index contributed by atoms with van der Waals surface area (Å²) < 4.78 is 196. The number of halogens is 17. The van der Waals surface area contributed by atoms with Crippen LogP contribution in [0.25, 0.3) is 11.3 Å². The molecule has 0 saturated heterocycles. The number of nitrogens with two attached hydrogens (primary N) is 1. The number of Topliss-reactive ketones (excluding diaryl/α,β-unsaturated/α-hetero) is 1. The second-order valence-electron chi connectivity index (χ2n) is 13.8. The molecule has 0 aliphatic heterocycles. The van der Waals surface area contributed by atoms with Gasteiger partial charge >= 0.3 is 83.6 Å². The second kappa shape index (κ2) is 32.5. The fourth-order valence-electron chi connectivity index (χ4n) is 4.47. The maximum atomic E-state index is 12.4. The Morgan fingerprint density at radius 3 is 1.25 bits per heavy atom. The summed E-state index contributed by atoms with van der Waals surface area (Å²) in [6.07, 6.45) is -22.8. The molecule has 7 aromatic heterocycles. The maximum Gasteiger partial charge on any atom is 1.00 e. The minimum Gasteiger partial charge on any atom is -0.541 e. The smallest absolute Gasteiger partial charge is 0.541 e. The van der Waals surface area contributed by atoms with Crippen LogP contribution in [0, 0.1) is 0 Å². The summed E-state index contributed by atoms with van der Waals surface area (Å²) in [5.41, 5.74) is -3.61. The van der Waals surface area contributed by atoms with Gasteiger partial charge in [-0.2, -0.15) is 85.1 Å². The number of aromatic nitrogens is 14. The van der Waals surface area contributed by atoms with E-state index in [1.165, 1.54) is 0 Å². The fraction of sp³-hybridized carbons (Fsp3) is 0.282. The number of hydrazine groups is 1. The van der Waals surface area contributed by atoms with Crippen LogP contribution in [0.4, 0.5) is 77.5 Å². The minimum atomic E-state index is -4.67. The number of ketones is 1. The first-order chi connectivity index (χ1) is 38.4. The van der Waals surface area contributed by atoms with Crippen LogP contribution in [-0.2, 0) is 64.3 Å². The molecule has 84 heavy (non-hydrogen) atoms. The van der Waals surface area contributed by atoms with Crippen molar-refractivity contribution in [2.24, 2.45) is 5.84 Å². The molecule has 0 saturated carbocycles. The molecule has 7 aromatic rings. The van der Waals surface area contributed by atoms with Crippen molar-refractivity contribution < 1.29 is 143 Å². The van der Waals surface area contributed by atoms with Gasteiger partial charge in [-0.15, -0.1) is 51.0 Å². The van der Waals surface area contributed by atoms with Crippen molar-refractivity contribution in [3.05, 3.63) is 106 Å². The molecular formula is C39H29Cl2F15N17NaO10. The molecule has 0 radical (unpaired) electrons. The van der Waals surface area contributed by atoms with Crippen molar-refractivity contribution in [1.29, 1.82) is 0 Å². The van der Waals surface area contributed by atoms with Crippen molar-refractivity contribution in [3.8, 4) is 0 Å². The number of aromatic carboxylic acids is 1. The Kier molecular flexibility index (Phi) is 28.5. The van der Waals surface area contributed by atoms with Gasteiger partial charge in [0.2, 0.25) is 5.82 Å². The van der Waals surface area contributed by atoms with Gasteiger partial charge in [0.25, 0.3) is 11.6 Å². The summed E-state index contributed by atoms with van der Waals surface area (Å²) in [6.45, 7) is 2.94. The Hall–Kier alpha value is -8.35. The average molecular weight is 1270 g/mol. The van der Waals surface area contributed by atoms with Gasteiger partial charge in [-0.05, 0) is 86.1 Å². The number of hydrogen-bond donors (Lipinski definition) is 3. The van der Waals surface area contributed by atoms with Gasteiger partial charge in [0.05, 0.1) is 26.9 Å². The number of nitrogen functional groups attached to an aromatic ring is 1. The summed E-state index contributed by atoms with van der Waals surface area (Å²) in [6, 6.07) is 8.89. The van der Waals surface area contributed by atoms with Gasteiger partial charge in [-0.3, -0.25) is 9.59 Å². The second-order valence-corrected chi connectivity index (χ2v) is 14.5. The summed E-state index contributed by atoms with van der Waals surface area (Å²) in [4.78, 5) is 63.6. The number of carboxylic acid groups (broad SMARTS) is 1. The molecule has 0 spiro atoms. The third-order valence-electron chi connectivity index (χ3n) is 8.01. The summed E-state index contributed by atoms with van der Waals surface area (Å²) in [7, 11) is 1.08. The third kappa shape index (κ3) is 24.2. The predicted octanol–water partition coefficient (Wildman–Crippen LogP) is 1.72. The van der Waals surface area contributed by atoms with Crippen LogP contribution in [0.3, 0.4) is 0 Å². The van der Waals surface area contributed by atoms with E-state index in [4.69, 9.17) is 29.0 Å². The minimum absolute atomic E-state index is 0. The quantitative estimate of drug-likeness (QED) is 0.0256. The van der Waals surface area contributed by atoms with E-state index in [1.807, 2.05) is 0 Å². The number of nitrogens with one attached hydrogen (secondary N) is 2. The SMILES string of the molecule is CCOC(=O)C(=O)CNc1ccc(C(F)(F)F)nn1.CCOC(=O)C(=O)Cl.COC(=O)c1nnc2ccc(C(F)(F)F)nn12.FC(F)(F)c1ccc(Cl)nn1.NNc1ccc(C(F)(F)F)nn1.O=C([O-])c1nnc2ccc(C(F)(F)F)nn12.[Na+]. The van der Waals surface area contributed by atoms with Crippen LogP contribution in [0.2, 0.25) is 5.15 Å². The van der Waals surface area contributed by atoms with Crippen LogP contribution in [0.5, 0.6) is 0 Å². The molecule has 7 rings (SSSR count). The Morgan fingerprint density at radius 1 is 0.536 bits per heavy atom. The Bertz CT molecular complexity index is 3300. The number of alkyl halides is 15. The summed E-state index contributed by atoms with van der Waals surface area (Å²) in [5, 5.41) is 49.5. The first-order valence-electron chi connectivity index (χ1n) is 20.9. The molecule has 0 bridgehead atoms. The van der Waals surface area contributed by atoms with E-state index >= 15 is 0 Å². The van der Waals surface area contributed by atoms with E-state index in [1.54, 1.807) is 13.8 Å². The molecule has 4 N–H and O–H groups in total. The molecule has 7 heterocycles. The van der Waals surface area contributed by atoms with E-state index in [0.29, 0.717) is 21.2 Å². The van der Waals surface area contributed by atoms with Gasteiger partial charge in [-0.25, -0.2) is 20.2 Å². The Labute approximate surface area is 487 Å². The van der Waals surface area contributed by atoms with Gasteiger partial charge in [-0.1, -0.05) is 11.6 Å². The molecule has 0 amide bonds. The Morgan fingerprint density at radius 2 is 0.917 bits per heavy atom. The number of rotatable bonds is 10. The monoisotopic (exact) mass is 1270 g/mol. The van der Waals surface area contributed by atoms with E-state index in [2.05, 4.69) is 86.1 Å². The summed E-state index contributed by atoms with van der Waals surface area (Å²) >= 11 is 9.91. The van der Waals surface area contributed by atoms with Crippen molar-refractivity contribution in [1.82, 2.24) is 70.2 Å². The topological polar surface area (TPSA) is 367 Å². The van der Waals surface area contributed by atoms with Gasteiger partial charge in [0.1, 0.15) is 11.8 Å². The van der Waals surface area contributed by atoms with E-state index < -0.39 is 112 Å². The number of ether oxygens (including phenoxy) is 3. The van der Waals surface area contributed by atoms with Crippen LogP contribution >= 0.6 is 23.2 Å². The zero-order valence-electron chi connectivity index (χ0n) is 41.7. The standard InChI is InChI=1S/C10H10F3N3O3.C8H5F3N4O2.C7H3F3N4O2.C5H2ClF3N2.C5H5F3N4.C4H5ClO3.Na/c1-2-19-9(18)6(17)5-14-8-4-3-7(15-16-8)10(11,12)13;1-17-7(16)6-13-12-5-3-2-4(8(9,10)11)14-15(5)6;8-7(9,10)3-1-2-4-11-12-5(6(15)16)14(4)13-3;6-4-2-1-3(10-11-4)5(7,8)9;6-5(7,8)3-1-2-4(10-9)12-11-3;1-2-8-4(7)3(5)6;/h3-4H,2,5H2,1H3,(H,14,16);2-3H,1H3;1-2H,(H,15,16);1-2H;1-2H,9H2,(H,10,12);2H2,1H3;/q;;;;;;+1/p-1. The first-order valence-corrected chi connectivity index (χ1v) is 21.7. The van der Waals surface area contributed by atoms with Crippen molar-refractivity contribution >= 4 is 81.0 Å². The number of carbonyl (C=O) groups is 6. The average Bonchev–Trinajstić information content (AvgIpc) is 3.97. The molecule has 27 nitrogen and oxygen atoms in total. The molecule has 0 aliphatic rings. The van der Waals surface area contributed by atoms with Crippen LogP contribution < -0.4 is 51.2 Å². The van der Waals surface area contributed by atoms with Gasteiger partial charge in [0, 0.05) is 0 Å². The van der Waals surface area contributed by atoms with Gasteiger partial charge < -0.3 is 34.9 Å². The fourth-order valence-corrected chi connectivity index (χ4v) is 4.63. The molecule has 0 aromatic carbocycles. The van der Waals surface area contributed by atoms with Crippen molar-refractivity contribution in [2.75, 3.05) is 37.6 Å². The molecule has 0 fully saturated rings. The number of anilines is 2. The zero-order valence-corrected chi connectivity index (χ0v) is 45.3. The number of fused-ring (bicyclic) bond motifs is 2. The molecule has 0 unspecified atom stereocenters. The molecular weight excluding hydrogens is 1250 g/mol. The third-order valence-corrected chi connectivity index (χ3v) is 8.36. The molecule has 0 atom stereocenters. The van der Waals surface area contributed by atoms with Crippen LogP contribution in [0.1, 0.15) is 63.6 Å². The van der Waals surface area contributed by atoms with E-state index in [0.717, 1.165) is 55.6 Å². The number of esters is 3. The molecule has 45 heteroatoms. The number of hydrogen-bond acceptors (Lipinski definition) is 25. The normalized spacial score (nSPS) is 11.1. The number of methoxy groups -OCH3 is 1. The number of nitrogens with zero attached hydrogens (tertiary/aromatic N) is 14. The van der Waals surface area contributed by atoms with Gasteiger partial charge in [0.15, 0.2) is 50.7 Å². The molecule has 0 aliphatic carbocycles. The molecule has 450 valence electrons. The van der Waals surface area contributed by atoms with E-state index in [9.17, 15) is 99.7 Å². The number of carboxylic acids is 1. The van der Waals surface area contributed by atoms with E-state index in [-0.39, 0.29) is 70.9 Å². The first kappa shape index (κ1) is 73.7. The summed E-state index contributed by atoms with van der Waals surface area (Å²) in [5.74, 6) is -1.81.